The van der Waals surface area contributed by atoms with E-state index in [0.717, 1.165) is 56.4 Å². The first-order valence-electron chi connectivity index (χ1n) is 9.74. The van der Waals surface area contributed by atoms with Crippen LogP contribution in [-0.2, 0) is 9.53 Å². The Morgan fingerprint density at radius 2 is 2.12 bits per heavy atom. The number of allylic oxidation sites excluding steroid dienone is 2. The van der Waals surface area contributed by atoms with E-state index in [-0.39, 0.29) is 12.5 Å². The zero-order valence-electron chi connectivity index (χ0n) is 16.4. The van der Waals surface area contributed by atoms with Crippen molar-refractivity contribution in [2.24, 2.45) is 0 Å². The molecule has 0 saturated heterocycles. The summed E-state index contributed by atoms with van der Waals surface area (Å²) in [6.07, 6.45) is 11.7. The highest BCUT2D eigenvalue weighted by Crippen LogP contribution is 2.21. The number of carbonyl (C=O) groups excluding carboxylic acids is 1. The lowest BCUT2D eigenvalue weighted by molar-refractivity contribution is -0.121. The van der Waals surface area contributed by atoms with E-state index in [1.54, 1.807) is 6.26 Å². The van der Waals surface area contributed by atoms with E-state index in [1.165, 1.54) is 0 Å². The van der Waals surface area contributed by atoms with Gasteiger partial charge in [-0.05, 0) is 50.3 Å². The van der Waals surface area contributed by atoms with Crippen LogP contribution >= 0.6 is 0 Å². The van der Waals surface area contributed by atoms with E-state index in [9.17, 15) is 4.79 Å². The highest BCUT2D eigenvalue weighted by atomic mass is 16.5. The molecule has 1 aromatic rings. The van der Waals surface area contributed by atoms with Crippen molar-refractivity contribution in [2.45, 2.75) is 52.4 Å². The van der Waals surface area contributed by atoms with Crippen molar-refractivity contribution in [3.63, 3.8) is 0 Å². The standard InChI is InChI=1S/C22H34N2O2/c1-4-7-10-11-15-23-20-13-12-14-21(18-20)24(16-8-5-2)22(25)19-26-17-9-6-3/h4,9,12-14,17-18,23H,1,5-8,10-11,15-16,19H2,2-3H3/b17-9+. The van der Waals surface area contributed by atoms with Gasteiger partial charge in [0.25, 0.3) is 5.91 Å². The largest absolute Gasteiger partial charge is 0.492 e. The zero-order chi connectivity index (χ0) is 19.0. The molecule has 144 valence electrons. The number of rotatable bonds is 14. The summed E-state index contributed by atoms with van der Waals surface area (Å²) in [6, 6.07) is 8.06. The number of unbranched alkanes of at least 4 members (excludes halogenated alkanes) is 3. The van der Waals surface area contributed by atoms with E-state index in [4.69, 9.17) is 4.74 Å². The minimum atomic E-state index is -0.0117. The summed E-state index contributed by atoms with van der Waals surface area (Å²) in [6.45, 7) is 9.61. The average Bonchev–Trinajstić information content (AvgIpc) is 2.66. The quantitative estimate of drug-likeness (QED) is 0.270. The summed E-state index contributed by atoms with van der Waals surface area (Å²) in [5.41, 5.74) is 1.96. The molecular weight excluding hydrogens is 324 g/mol. The second kappa shape index (κ2) is 14.0. The van der Waals surface area contributed by atoms with Gasteiger partial charge in [-0.15, -0.1) is 6.58 Å². The number of carbonyl (C=O) groups is 1. The molecule has 26 heavy (non-hydrogen) atoms. The van der Waals surface area contributed by atoms with Crippen molar-refractivity contribution < 1.29 is 9.53 Å². The highest BCUT2D eigenvalue weighted by molar-refractivity contribution is 5.94. The fourth-order valence-electron chi connectivity index (χ4n) is 2.51. The van der Waals surface area contributed by atoms with Crippen molar-refractivity contribution in [1.82, 2.24) is 0 Å². The first-order valence-corrected chi connectivity index (χ1v) is 9.74. The molecule has 0 aliphatic rings. The molecule has 0 radical (unpaired) electrons. The Balaban J connectivity index is 2.69. The highest BCUT2D eigenvalue weighted by Gasteiger charge is 2.15. The Morgan fingerprint density at radius 1 is 1.27 bits per heavy atom. The Bertz CT molecular complexity index is 555. The summed E-state index contributed by atoms with van der Waals surface area (Å²) >= 11 is 0. The monoisotopic (exact) mass is 358 g/mol. The predicted molar refractivity (Wildman–Crippen MR) is 112 cm³/mol. The molecule has 0 atom stereocenters. The van der Waals surface area contributed by atoms with Crippen LogP contribution in [0.15, 0.2) is 49.3 Å². The number of hydrogen-bond donors (Lipinski definition) is 1. The van der Waals surface area contributed by atoms with Crippen LogP contribution in [0.2, 0.25) is 0 Å². The number of amides is 1. The van der Waals surface area contributed by atoms with Crippen LogP contribution in [0.5, 0.6) is 0 Å². The Kier molecular flexibility index (Phi) is 11.7. The fourth-order valence-corrected chi connectivity index (χ4v) is 2.51. The molecule has 1 N–H and O–H groups in total. The molecule has 0 aliphatic heterocycles. The lowest BCUT2D eigenvalue weighted by Crippen LogP contribution is -2.34. The van der Waals surface area contributed by atoms with E-state index in [1.807, 2.05) is 48.2 Å². The molecule has 0 spiro atoms. The van der Waals surface area contributed by atoms with E-state index in [2.05, 4.69) is 18.8 Å². The van der Waals surface area contributed by atoms with E-state index >= 15 is 0 Å². The zero-order valence-corrected chi connectivity index (χ0v) is 16.4. The van der Waals surface area contributed by atoms with Gasteiger partial charge in [0.05, 0.1) is 6.26 Å². The topological polar surface area (TPSA) is 41.6 Å². The Labute approximate surface area is 158 Å². The first kappa shape index (κ1) is 21.8. The number of ether oxygens (including phenoxy) is 1. The molecule has 1 amide bonds. The van der Waals surface area contributed by atoms with Crippen LogP contribution in [0.25, 0.3) is 0 Å². The molecule has 0 aromatic heterocycles. The summed E-state index contributed by atoms with van der Waals surface area (Å²) in [7, 11) is 0. The number of nitrogens with zero attached hydrogens (tertiary/aromatic N) is 1. The van der Waals surface area contributed by atoms with Crippen LogP contribution < -0.4 is 10.2 Å². The Hall–Kier alpha value is -2.23. The van der Waals surface area contributed by atoms with E-state index in [0.29, 0.717) is 6.54 Å². The molecule has 0 heterocycles. The number of hydrogen-bond acceptors (Lipinski definition) is 3. The third kappa shape index (κ3) is 8.75. The van der Waals surface area contributed by atoms with Gasteiger partial charge in [0.2, 0.25) is 0 Å². The molecule has 1 aromatic carbocycles. The maximum Gasteiger partial charge on any atom is 0.264 e. The van der Waals surface area contributed by atoms with Crippen molar-refractivity contribution in [3.8, 4) is 0 Å². The minimum Gasteiger partial charge on any atom is -0.492 e. The SMILES string of the molecule is C=CCCCCNc1cccc(N(CCCC)C(=O)CO/C=C/CC)c1. The van der Waals surface area contributed by atoms with Crippen LogP contribution in [0, 0.1) is 0 Å². The first-order chi connectivity index (χ1) is 12.7. The number of anilines is 2. The van der Waals surface area contributed by atoms with Gasteiger partial charge in [-0.2, -0.15) is 0 Å². The maximum absolute atomic E-state index is 12.6. The Morgan fingerprint density at radius 3 is 2.85 bits per heavy atom. The van der Waals surface area contributed by atoms with Gasteiger partial charge in [0, 0.05) is 24.5 Å². The summed E-state index contributed by atoms with van der Waals surface area (Å²) in [5.74, 6) is -0.0117. The van der Waals surface area contributed by atoms with Gasteiger partial charge in [-0.25, -0.2) is 0 Å². The molecule has 0 unspecified atom stereocenters. The molecule has 0 bridgehead atoms. The third-order valence-electron chi connectivity index (χ3n) is 3.99. The van der Waals surface area contributed by atoms with Crippen molar-refractivity contribution in [3.05, 3.63) is 49.3 Å². The van der Waals surface area contributed by atoms with Crippen LogP contribution in [-0.4, -0.2) is 25.6 Å². The molecule has 4 heteroatoms. The number of nitrogens with one attached hydrogen (secondary N) is 1. The molecule has 0 saturated carbocycles. The lowest BCUT2D eigenvalue weighted by atomic mass is 10.2. The van der Waals surface area contributed by atoms with Crippen LogP contribution in [0.3, 0.4) is 0 Å². The second-order valence-electron chi connectivity index (χ2n) is 6.25. The van der Waals surface area contributed by atoms with Gasteiger partial charge in [-0.1, -0.05) is 38.5 Å². The van der Waals surface area contributed by atoms with Crippen molar-refractivity contribution >= 4 is 17.3 Å². The molecular formula is C22H34N2O2. The van der Waals surface area contributed by atoms with Gasteiger partial charge in [0.15, 0.2) is 6.61 Å². The molecule has 0 aliphatic carbocycles. The fraction of sp³-hybridized carbons (Fsp3) is 0.500. The predicted octanol–water partition coefficient (Wildman–Crippen LogP) is 5.53. The van der Waals surface area contributed by atoms with Gasteiger partial charge < -0.3 is 15.0 Å². The summed E-state index contributed by atoms with van der Waals surface area (Å²) < 4.78 is 5.36. The lowest BCUT2D eigenvalue weighted by Gasteiger charge is -2.23. The third-order valence-corrected chi connectivity index (χ3v) is 3.99. The van der Waals surface area contributed by atoms with Crippen molar-refractivity contribution in [2.75, 3.05) is 29.9 Å². The molecule has 4 nitrogen and oxygen atoms in total. The van der Waals surface area contributed by atoms with Gasteiger partial charge in [-0.3, -0.25) is 4.79 Å². The average molecular weight is 359 g/mol. The summed E-state index contributed by atoms with van der Waals surface area (Å²) in [4.78, 5) is 14.4. The normalized spacial score (nSPS) is 10.7. The minimum absolute atomic E-state index is 0.0117. The molecule has 0 fully saturated rings. The second-order valence-corrected chi connectivity index (χ2v) is 6.25. The van der Waals surface area contributed by atoms with Gasteiger partial charge in [0.1, 0.15) is 0 Å². The number of benzene rings is 1. The van der Waals surface area contributed by atoms with E-state index < -0.39 is 0 Å². The van der Waals surface area contributed by atoms with Crippen LogP contribution in [0.4, 0.5) is 11.4 Å². The summed E-state index contributed by atoms with van der Waals surface area (Å²) in [5, 5.41) is 3.44. The smallest absolute Gasteiger partial charge is 0.264 e. The van der Waals surface area contributed by atoms with Crippen LogP contribution in [0.1, 0.15) is 52.4 Å². The van der Waals surface area contributed by atoms with Crippen molar-refractivity contribution in [1.29, 1.82) is 0 Å². The molecule has 1 rings (SSSR count). The maximum atomic E-state index is 12.6. The van der Waals surface area contributed by atoms with Gasteiger partial charge >= 0.3 is 0 Å².